The Morgan fingerprint density at radius 2 is 1.62 bits per heavy atom. The number of nitrogens with zero attached hydrogens (tertiary/aromatic N) is 2. The van der Waals surface area contributed by atoms with Gasteiger partial charge in [-0.1, -0.05) is 0 Å². The summed E-state index contributed by atoms with van der Waals surface area (Å²) in [7, 11) is 1.54. The molecule has 0 fully saturated rings. The van der Waals surface area contributed by atoms with Crippen molar-refractivity contribution in [1.29, 1.82) is 0 Å². The Bertz CT molecular complexity index is 746. The van der Waals surface area contributed by atoms with Crippen LogP contribution in [0.25, 0.3) is 0 Å². The van der Waals surface area contributed by atoms with E-state index < -0.39 is 24.0 Å². The third-order valence-corrected chi connectivity index (χ3v) is 2.85. The highest BCUT2D eigenvalue weighted by atomic mass is 19.3. The zero-order valence-corrected chi connectivity index (χ0v) is 12.4. The van der Waals surface area contributed by atoms with Crippen molar-refractivity contribution in [2.45, 2.75) is 6.61 Å². The second-order valence-corrected chi connectivity index (χ2v) is 4.44. The molecule has 0 bridgehead atoms. The maximum Gasteiger partial charge on any atom is 0.387 e. The van der Waals surface area contributed by atoms with E-state index in [1.165, 1.54) is 6.21 Å². The van der Waals surface area contributed by atoms with Gasteiger partial charge in [-0.05, 0) is 35.9 Å². The lowest BCUT2D eigenvalue weighted by molar-refractivity contribution is -0.0523. The van der Waals surface area contributed by atoms with Crippen molar-refractivity contribution in [3.8, 4) is 11.5 Å². The Morgan fingerprint density at radius 3 is 2.25 bits per heavy atom. The fraction of sp³-hybridized carbons (Fsp3) is 0.125. The SMILES string of the molecule is COc1ccc(/C=N/N=C/c2cc(F)c(OC(F)F)cc2F)cc1. The van der Waals surface area contributed by atoms with Gasteiger partial charge in [0.05, 0.1) is 19.5 Å². The molecular weight excluding hydrogens is 328 g/mol. The van der Waals surface area contributed by atoms with Gasteiger partial charge >= 0.3 is 6.61 Å². The molecule has 0 saturated carbocycles. The van der Waals surface area contributed by atoms with E-state index in [4.69, 9.17) is 4.74 Å². The smallest absolute Gasteiger partial charge is 0.387 e. The summed E-state index contributed by atoms with van der Waals surface area (Å²) in [5, 5.41) is 7.29. The number of rotatable bonds is 6. The van der Waals surface area contributed by atoms with Gasteiger partial charge in [-0.25, -0.2) is 8.78 Å². The molecule has 24 heavy (non-hydrogen) atoms. The summed E-state index contributed by atoms with van der Waals surface area (Å²) >= 11 is 0. The average molecular weight is 340 g/mol. The Kier molecular flexibility index (Phi) is 5.89. The minimum Gasteiger partial charge on any atom is -0.497 e. The number of ether oxygens (including phenoxy) is 2. The van der Waals surface area contributed by atoms with Crippen molar-refractivity contribution in [2.24, 2.45) is 10.2 Å². The highest BCUT2D eigenvalue weighted by molar-refractivity contribution is 5.83. The van der Waals surface area contributed by atoms with E-state index in [9.17, 15) is 17.6 Å². The highest BCUT2D eigenvalue weighted by Crippen LogP contribution is 2.22. The lowest BCUT2D eigenvalue weighted by Crippen LogP contribution is -2.05. The van der Waals surface area contributed by atoms with E-state index in [2.05, 4.69) is 14.9 Å². The molecule has 0 unspecified atom stereocenters. The fourth-order valence-electron chi connectivity index (χ4n) is 1.71. The van der Waals surface area contributed by atoms with Gasteiger partial charge in [0.25, 0.3) is 0 Å². The third-order valence-electron chi connectivity index (χ3n) is 2.85. The number of halogens is 4. The van der Waals surface area contributed by atoms with Crippen LogP contribution in [0.1, 0.15) is 11.1 Å². The van der Waals surface area contributed by atoms with Gasteiger partial charge in [0, 0.05) is 11.6 Å². The largest absolute Gasteiger partial charge is 0.497 e. The predicted molar refractivity (Wildman–Crippen MR) is 81.2 cm³/mol. The molecule has 126 valence electrons. The van der Waals surface area contributed by atoms with Crippen LogP contribution in [0.15, 0.2) is 46.6 Å². The van der Waals surface area contributed by atoms with Crippen LogP contribution in [0.5, 0.6) is 11.5 Å². The van der Waals surface area contributed by atoms with Crippen molar-refractivity contribution in [3.05, 3.63) is 59.2 Å². The normalized spacial score (nSPS) is 11.6. The first-order chi connectivity index (χ1) is 11.5. The van der Waals surface area contributed by atoms with Crippen LogP contribution in [-0.2, 0) is 0 Å². The van der Waals surface area contributed by atoms with E-state index in [-0.39, 0.29) is 5.56 Å². The van der Waals surface area contributed by atoms with E-state index in [0.29, 0.717) is 17.9 Å². The summed E-state index contributed by atoms with van der Waals surface area (Å²) < 4.78 is 60.1. The monoisotopic (exact) mass is 340 g/mol. The molecule has 8 heteroatoms. The van der Waals surface area contributed by atoms with Gasteiger partial charge in [-0.15, -0.1) is 0 Å². The minimum absolute atomic E-state index is 0.249. The second-order valence-electron chi connectivity index (χ2n) is 4.44. The molecule has 0 heterocycles. The molecule has 0 spiro atoms. The van der Waals surface area contributed by atoms with Crippen LogP contribution in [-0.4, -0.2) is 26.2 Å². The highest BCUT2D eigenvalue weighted by Gasteiger charge is 2.13. The molecule has 0 saturated heterocycles. The summed E-state index contributed by atoms with van der Waals surface area (Å²) in [4.78, 5) is 0. The first-order valence-corrected chi connectivity index (χ1v) is 6.64. The third kappa shape index (κ3) is 4.80. The lowest BCUT2D eigenvalue weighted by Gasteiger charge is -2.06. The van der Waals surface area contributed by atoms with Gasteiger partial charge in [-0.3, -0.25) is 0 Å². The Morgan fingerprint density at radius 1 is 0.958 bits per heavy atom. The summed E-state index contributed by atoms with van der Waals surface area (Å²) in [6.45, 7) is -3.24. The quantitative estimate of drug-likeness (QED) is 0.453. The number of benzene rings is 2. The number of hydrogen-bond acceptors (Lipinski definition) is 4. The maximum absolute atomic E-state index is 13.7. The van der Waals surface area contributed by atoms with Crippen LogP contribution in [0.3, 0.4) is 0 Å². The molecular formula is C16H12F4N2O2. The van der Waals surface area contributed by atoms with E-state index >= 15 is 0 Å². The number of hydrogen-bond donors (Lipinski definition) is 0. The molecule has 0 aliphatic heterocycles. The Hall–Kier alpha value is -2.90. The molecule has 2 aromatic rings. The summed E-state index contributed by atoms with van der Waals surface area (Å²) in [5.41, 5.74) is 0.473. The Balaban J connectivity index is 2.08. The minimum atomic E-state index is -3.24. The molecule has 0 atom stereocenters. The zero-order valence-electron chi connectivity index (χ0n) is 12.4. The molecule has 0 amide bonds. The van der Waals surface area contributed by atoms with E-state index in [0.717, 1.165) is 11.8 Å². The summed E-state index contributed by atoms with van der Waals surface area (Å²) in [5.74, 6) is -2.28. The van der Waals surface area contributed by atoms with E-state index in [1.54, 1.807) is 31.4 Å². The van der Waals surface area contributed by atoms with Gasteiger partial charge in [0.2, 0.25) is 0 Å². The standard InChI is InChI=1S/C16H12F4N2O2/c1-23-12-4-2-10(3-5-12)8-21-22-9-11-6-14(18)15(7-13(11)17)24-16(19)20/h2-9,16H,1H3/b21-8+,22-9+. The summed E-state index contributed by atoms with van der Waals surface area (Å²) in [6, 6.07) is 8.13. The summed E-state index contributed by atoms with van der Waals surface area (Å²) in [6.07, 6.45) is 2.36. The van der Waals surface area contributed by atoms with Crippen molar-refractivity contribution < 1.29 is 27.0 Å². The van der Waals surface area contributed by atoms with Gasteiger partial charge in [0.15, 0.2) is 11.6 Å². The van der Waals surface area contributed by atoms with Crippen molar-refractivity contribution in [1.82, 2.24) is 0 Å². The molecule has 2 aromatic carbocycles. The molecule has 0 aromatic heterocycles. The maximum atomic E-state index is 13.7. The number of alkyl halides is 2. The van der Waals surface area contributed by atoms with Gasteiger partial charge in [-0.2, -0.15) is 19.0 Å². The van der Waals surface area contributed by atoms with Crippen molar-refractivity contribution >= 4 is 12.4 Å². The first kappa shape index (κ1) is 17.5. The molecule has 0 aliphatic rings. The van der Waals surface area contributed by atoms with E-state index in [1.807, 2.05) is 0 Å². The number of methoxy groups -OCH3 is 1. The fourth-order valence-corrected chi connectivity index (χ4v) is 1.71. The van der Waals surface area contributed by atoms with Gasteiger partial charge < -0.3 is 9.47 Å². The van der Waals surface area contributed by atoms with Crippen molar-refractivity contribution in [2.75, 3.05) is 7.11 Å². The Labute approximate surface area is 135 Å². The molecule has 4 nitrogen and oxygen atoms in total. The molecule has 0 radical (unpaired) electrons. The van der Waals surface area contributed by atoms with Crippen LogP contribution >= 0.6 is 0 Å². The van der Waals surface area contributed by atoms with Crippen LogP contribution in [0.2, 0.25) is 0 Å². The van der Waals surface area contributed by atoms with Crippen molar-refractivity contribution in [3.63, 3.8) is 0 Å². The molecule has 0 N–H and O–H groups in total. The van der Waals surface area contributed by atoms with Gasteiger partial charge in [0.1, 0.15) is 11.6 Å². The predicted octanol–water partition coefficient (Wildman–Crippen LogP) is 4.03. The van der Waals surface area contributed by atoms with Crippen LogP contribution < -0.4 is 9.47 Å². The lowest BCUT2D eigenvalue weighted by atomic mass is 10.2. The molecule has 0 aliphatic carbocycles. The first-order valence-electron chi connectivity index (χ1n) is 6.64. The topological polar surface area (TPSA) is 43.2 Å². The second kappa shape index (κ2) is 8.09. The van der Waals surface area contributed by atoms with Crippen LogP contribution in [0.4, 0.5) is 17.6 Å². The molecule has 2 rings (SSSR count). The average Bonchev–Trinajstić information content (AvgIpc) is 2.55. The van der Waals surface area contributed by atoms with Crippen LogP contribution in [0, 0.1) is 11.6 Å². The zero-order chi connectivity index (χ0) is 17.5.